The Hall–Kier alpha value is -1.78. The quantitative estimate of drug-likeness (QED) is 0.841. The van der Waals surface area contributed by atoms with E-state index in [1.54, 1.807) is 30.5 Å². The molecule has 0 aliphatic heterocycles. The monoisotopic (exact) mass is 337 g/mol. The Balaban J connectivity index is 2.10. The summed E-state index contributed by atoms with van der Waals surface area (Å²) in [7, 11) is 0. The molecule has 0 unspecified atom stereocenters. The highest BCUT2D eigenvalue weighted by Crippen LogP contribution is 2.25. The van der Waals surface area contributed by atoms with Crippen molar-refractivity contribution in [2.75, 3.05) is 10.6 Å². The van der Waals surface area contributed by atoms with E-state index in [-0.39, 0.29) is 11.4 Å². The Labute approximate surface area is 139 Å². The van der Waals surface area contributed by atoms with Gasteiger partial charge in [-0.15, -0.1) is 0 Å². The molecule has 0 aliphatic carbocycles. The molecule has 0 atom stereocenters. The summed E-state index contributed by atoms with van der Waals surface area (Å²) in [6.45, 7) is 6.16. The fourth-order valence-corrected chi connectivity index (χ4v) is 2.27. The summed E-state index contributed by atoms with van der Waals surface area (Å²) in [5, 5.41) is 6.89. The van der Waals surface area contributed by atoms with Gasteiger partial charge in [-0.25, -0.2) is 4.98 Å². The summed E-state index contributed by atoms with van der Waals surface area (Å²) in [5.74, 6) is -0.327. The molecule has 1 heterocycles. The Morgan fingerprint density at radius 3 is 2.41 bits per heavy atom. The van der Waals surface area contributed by atoms with E-state index >= 15 is 0 Å². The average molecular weight is 338 g/mol. The molecule has 6 heteroatoms. The fourth-order valence-electron chi connectivity index (χ4n) is 1.81. The van der Waals surface area contributed by atoms with Crippen LogP contribution in [0, 0.1) is 0 Å². The van der Waals surface area contributed by atoms with E-state index in [1.165, 1.54) is 0 Å². The van der Waals surface area contributed by atoms with Crippen LogP contribution < -0.4 is 10.6 Å². The smallest absolute Gasteiger partial charge is 0.274 e. The zero-order valence-electron chi connectivity index (χ0n) is 12.6. The number of carbonyl (C=O) groups is 1. The Bertz CT molecular complexity index is 679. The van der Waals surface area contributed by atoms with Gasteiger partial charge in [0.25, 0.3) is 5.91 Å². The van der Waals surface area contributed by atoms with Crippen LogP contribution in [0.25, 0.3) is 0 Å². The van der Waals surface area contributed by atoms with Gasteiger partial charge in [-0.3, -0.25) is 4.79 Å². The van der Waals surface area contributed by atoms with Crippen LogP contribution in [0.2, 0.25) is 10.0 Å². The van der Waals surface area contributed by atoms with Crippen molar-refractivity contribution < 1.29 is 4.79 Å². The standard InChI is InChI=1S/C16H17Cl2N3O/c1-16(2,3)21-11-5-7-14(19-9-11)15(22)20-13-6-4-10(17)8-12(13)18/h4-9,21H,1-3H3,(H,20,22). The van der Waals surface area contributed by atoms with Gasteiger partial charge in [0.2, 0.25) is 0 Å². The van der Waals surface area contributed by atoms with Crippen LogP contribution in [0.5, 0.6) is 0 Å². The highest BCUT2D eigenvalue weighted by Gasteiger charge is 2.12. The number of hydrogen-bond acceptors (Lipinski definition) is 3. The van der Waals surface area contributed by atoms with Crippen molar-refractivity contribution in [1.29, 1.82) is 0 Å². The minimum atomic E-state index is -0.327. The molecule has 1 aromatic heterocycles. The SMILES string of the molecule is CC(C)(C)Nc1ccc(C(=O)Nc2ccc(Cl)cc2Cl)nc1. The summed E-state index contributed by atoms with van der Waals surface area (Å²) in [4.78, 5) is 16.3. The lowest BCUT2D eigenvalue weighted by molar-refractivity contribution is 0.102. The molecule has 4 nitrogen and oxygen atoms in total. The third-order valence-corrected chi connectivity index (χ3v) is 3.24. The maximum absolute atomic E-state index is 12.2. The number of nitrogens with one attached hydrogen (secondary N) is 2. The lowest BCUT2D eigenvalue weighted by Crippen LogP contribution is -2.26. The van der Waals surface area contributed by atoms with Gasteiger partial charge in [0, 0.05) is 10.6 Å². The number of hydrogen-bond donors (Lipinski definition) is 2. The van der Waals surface area contributed by atoms with Gasteiger partial charge in [-0.1, -0.05) is 23.2 Å². The van der Waals surface area contributed by atoms with Crippen molar-refractivity contribution >= 4 is 40.5 Å². The summed E-state index contributed by atoms with van der Waals surface area (Å²) in [5.41, 5.74) is 1.59. The molecule has 0 radical (unpaired) electrons. The van der Waals surface area contributed by atoms with Crippen LogP contribution in [0.1, 0.15) is 31.3 Å². The number of nitrogens with zero attached hydrogens (tertiary/aromatic N) is 1. The van der Waals surface area contributed by atoms with Crippen molar-refractivity contribution in [1.82, 2.24) is 4.98 Å². The predicted molar refractivity (Wildman–Crippen MR) is 92.0 cm³/mol. The van der Waals surface area contributed by atoms with Crippen LogP contribution in [-0.4, -0.2) is 16.4 Å². The number of pyridine rings is 1. The molecule has 22 heavy (non-hydrogen) atoms. The molecule has 0 saturated carbocycles. The first-order valence-corrected chi connectivity index (χ1v) is 7.51. The van der Waals surface area contributed by atoms with E-state index in [0.29, 0.717) is 21.4 Å². The largest absolute Gasteiger partial charge is 0.379 e. The van der Waals surface area contributed by atoms with E-state index in [1.807, 2.05) is 6.07 Å². The van der Waals surface area contributed by atoms with Crippen molar-refractivity contribution in [2.45, 2.75) is 26.3 Å². The normalized spacial score (nSPS) is 11.1. The number of amides is 1. The molecule has 2 N–H and O–H groups in total. The van der Waals surface area contributed by atoms with Crippen LogP contribution >= 0.6 is 23.2 Å². The van der Waals surface area contributed by atoms with Crippen molar-refractivity contribution in [3.05, 3.63) is 52.3 Å². The summed E-state index contributed by atoms with van der Waals surface area (Å²) < 4.78 is 0. The second kappa shape index (κ2) is 6.55. The lowest BCUT2D eigenvalue weighted by atomic mass is 10.1. The molecule has 1 amide bonds. The molecule has 2 rings (SSSR count). The minimum Gasteiger partial charge on any atom is -0.379 e. The lowest BCUT2D eigenvalue weighted by Gasteiger charge is -2.21. The molecule has 1 aromatic carbocycles. The number of benzene rings is 1. The number of carbonyl (C=O) groups excluding carboxylic acids is 1. The second-order valence-corrected chi connectivity index (χ2v) is 6.73. The van der Waals surface area contributed by atoms with E-state index in [0.717, 1.165) is 5.69 Å². The molecule has 0 spiro atoms. The maximum atomic E-state index is 12.2. The van der Waals surface area contributed by atoms with E-state index in [4.69, 9.17) is 23.2 Å². The number of rotatable bonds is 3. The topological polar surface area (TPSA) is 54.0 Å². The van der Waals surface area contributed by atoms with Crippen LogP contribution in [0.15, 0.2) is 36.5 Å². The average Bonchev–Trinajstić information content (AvgIpc) is 2.41. The van der Waals surface area contributed by atoms with Crippen LogP contribution in [0.3, 0.4) is 0 Å². The zero-order chi connectivity index (χ0) is 16.3. The summed E-state index contributed by atoms with van der Waals surface area (Å²) in [6, 6.07) is 8.36. The fraction of sp³-hybridized carbons (Fsp3) is 0.250. The van der Waals surface area contributed by atoms with Crippen LogP contribution in [0.4, 0.5) is 11.4 Å². The Kier molecular flexibility index (Phi) is 4.94. The van der Waals surface area contributed by atoms with Gasteiger partial charge in [-0.2, -0.15) is 0 Å². The first-order valence-electron chi connectivity index (χ1n) is 6.75. The molecule has 0 fully saturated rings. The minimum absolute atomic E-state index is 0.0672. The third kappa shape index (κ3) is 4.61. The summed E-state index contributed by atoms with van der Waals surface area (Å²) in [6.07, 6.45) is 1.63. The third-order valence-electron chi connectivity index (χ3n) is 2.69. The van der Waals surface area contributed by atoms with E-state index in [9.17, 15) is 4.79 Å². The van der Waals surface area contributed by atoms with Crippen molar-refractivity contribution in [2.24, 2.45) is 0 Å². The Morgan fingerprint density at radius 2 is 1.86 bits per heavy atom. The maximum Gasteiger partial charge on any atom is 0.274 e. The number of aromatic nitrogens is 1. The van der Waals surface area contributed by atoms with Gasteiger partial charge in [0.05, 0.1) is 22.6 Å². The highest BCUT2D eigenvalue weighted by molar-refractivity contribution is 6.36. The first-order chi connectivity index (χ1) is 10.2. The van der Waals surface area contributed by atoms with E-state index in [2.05, 4.69) is 36.4 Å². The predicted octanol–water partition coefficient (Wildman–Crippen LogP) is 4.85. The highest BCUT2D eigenvalue weighted by atomic mass is 35.5. The van der Waals surface area contributed by atoms with Gasteiger partial charge in [0.15, 0.2) is 0 Å². The van der Waals surface area contributed by atoms with Crippen molar-refractivity contribution in [3.8, 4) is 0 Å². The molecular weight excluding hydrogens is 321 g/mol. The molecule has 2 aromatic rings. The zero-order valence-corrected chi connectivity index (χ0v) is 14.1. The van der Waals surface area contributed by atoms with Gasteiger partial charge < -0.3 is 10.6 Å². The van der Waals surface area contributed by atoms with Gasteiger partial charge in [0.1, 0.15) is 5.69 Å². The molecule has 116 valence electrons. The van der Waals surface area contributed by atoms with Crippen LogP contribution in [-0.2, 0) is 0 Å². The molecular formula is C16H17Cl2N3O. The van der Waals surface area contributed by atoms with E-state index < -0.39 is 0 Å². The first kappa shape index (κ1) is 16.6. The Morgan fingerprint density at radius 1 is 1.14 bits per heavy atom. The van der Waals surface area contributed by atoms with Gasteiger partial charge >= 0.3 is 0 Å². The number of anilines is 2. The molecule has 0 aliphatic rings. The summed E-state index contributed by atoms with van der Waals surface area (Å²) >= 11 is 11.9. The number of halogens is 2. The van der Waals surface area contributed by atoms with Crippen molar-refractivity contribution in [3.63, 3.8) is 0 Å². The second-order valence-electron chi connectivity index (χ2n) is 5.89. The molecule has 0 saturated heterocycles. The molecule has 0 bridgehead atoms. The van der Waals surface area contributed by atoms with Gasteiger partial charge in [-0.05, 0) is 51.1 Å².